The van der Waals surface area contributed by atoms with Gasteiger partial charge < -0.3 is 4.74 Å². The molecule has 0 aliphatic carbocycles. The van der Waals surface area contributed by atoms with E-state index in [4.69, 9.17) is 16.3 Å². The highest BCUT2D eigenvalue weighted by atomic mass is 35.5. The molecule has 0 saturated carbocycles. The van der Waals surface area contributed by atoms with Crippen LogP contribution in [0.25, 0.3) is 0 Å². The molecule has 0 fully saturated rings. The highest BCUT2D eigenvalue weighted by Crippen LogP contribution is 2.17. The summed E-state index contributed by atoms with van der Waals surface area (Å²) in [5, 5.41) is 3.29. The molecule has 2 aromatic rings. The zero-order valence-electron chi connectivity index (χ0n) is 10.7. The summed E-state index contributed by atoms with van der Waals surface area (Å²) < 4.78 is 5.14. The summed E-state index contributed by atoms with van der Waals surface area (Å²) in [4.78, 5) is 11.7. The van der Waals surface area contributed by atoms with Crippen molar-refractivity contribution in [1.29, 1.82) is 0 Å². The van der Waals surface area contributed by atoms with E-state index in [-0.39, 0.29) is 0 Å². The van der Waals surface area contributed by atoms with Gasteiger partial charge in [-0.05, 0) is 61.4 Å². The number of anilines is 1. The molecule has 1 amide bonds. The van der Waals surface area contributed by atoms with Gasteiger partial charge in [-0.1, -0.05) is 17.7 Å². The quantitative estimate of drug-likeness (QED) is 0.872. The maximum Gasteiger partial charge on any atom is 0.417 e. The Kier molecular flexibility index (Phi) is 4.07. The third-order valence-electron chi connectivity index (χ3n) is 2.49. The molecule has 0 atom stereocenters. The van der Waals surface area contributed by atoms with E-state index in [1.54, 1.807) is 24.3 Å². The number of amides is 1. The zero-order chi connectivity index (χ0) is 13.8. The standard InChI is InChI=1S/C15H14ClNO2/c1-10-7-11(2)9-13(8-10)17-15(18)19-14-5-3-12(16)4-6-14/h3-9H,1-2H3,(H,17,18). The van der Waals surface area contributed by atoms with Gasteiger partial charge >= 0.3 is 6.09 Å². The Morgan fingerprint density at radius 1 is 1.05 bits per heavy atom. The first-order valence-electron chi connectivity index (χ1n) is 5.85. The van der Waals surface area contributed by atoms with E-state index in [1.165, 1.54) is 0 Å². The zero-order valence-corrected chi connectivity index (χ0v) is 11.5. The fraction of sp³-hybridized carbons (Fsp3) is 0.133. The summed E-state index contributed by atoms with van der Waals surface area (Å²) in [5.74, 6) is 0.450. The normalized spacial score (nSPS) is 10.1. The molecule has 0 aliphatic rings. The van der Waals surface area contributed by atoms with E-state index in [2.05, 4.69) is 5.32 Å². The topological polar surface area (TPSA) is 38.3 Å². The van der Waals surface area contributed by atoms with Gasteiger partial charge in [0.25, 0.3) is 0 Å². The molecule has 98 valence electrons. The minimum absolute atomic E-state index is 0.450. The van der Waals surface area contributed by atoms with Crippen molar-refractivity contribution >= 4 is 23.4 Å². The molecule has 4 heteroatoms. The fourth-order valence-corrected chi connectivity index (χ4v) is 1.93. The highest BCUT2D eigenvalue weighted by Gasteiger charge is 2.05. The summed E-state index contributed by atoms with van der Waals surface area (Å²) >= 11 is 5.76. The molecule has 0 unspecified atom stereocenters. The first-order chi connectivity index (χ1) is 9.02. The van der Waals surface area contributed by atoms with Crippen molar-refractivity contribution in [3.63, 3.8) is 0 Å². The Hall–Kier alpha value is -2.00. The number of halogens is 1. The van der Waals surface area contributed by atoms with Crippen molar-refractivity contribution in [2.45, 2.75) is 13.8 Å². The predicted octanol–water partition coefficient (Wildman–Crippen LogP) is 4.57. The highest BCUT2D eigenvalue weighted by molar-refractivity contribution is 6.30. The van der Waals surface area contributed by atoms with Gasteiger partial charge in [0.15, 0.2) is 0 Å². The lowest BCUT2D eigenvalue weighted by Crippen LogP contribution is -2.16. The third kappa shape index (κ3) is 4.00. The number of benzene rings is 2. The van der Waals surface area contributed by atoms with E-state index in [1.807, 2.05) is 32.0 Å². The molecule has 0 aromatic heterocycles. The summed E-state index contributed by atoms with van der Waals surface area (Å²) in [6.07, 6.45) is -0.521. The van der Waals surface area contributed by atoms with E-state index < -0.39 is 6.09 Å². The molecule has 3 nitrogen and oxygen atoms in total. The molecule has 0 radical (unpaired) electrons. The third-order valence-corrected chi connectivity index (χ3v) is 2.74. The second-order valence-electron chi connectivity index (χ2n) is 4.34. The van der Waals surface area contributed by atoms with Crippen molar-refractivity contribution in [3.05, 3.63) is 58.6 Å². The predicted molar refractivity (Wildman–Crippen MR) is 77.0 cm³/mol. The van der Waals surface area contributed by atoms with E-state index in [0.29, 0.717) is 10.8 Å². The lowest BCUT2D eigenvalue weighted by atomic mass is 10.1. The fourth-order valence-electron chi connectivity index (χ4n) is 1.80. The van der Waals surface area contributed by atoms with Gasteiger partial charge in [0.2, 0.25) is 0 Å². The number of ether oxygens (including phenoxy) is 1. The Bertz CT molecular complexity index is 573. The Morgan fingerprint density at radius 2 is 1.63 bits per heavy atom. The van der Waals surface area contributed by atoms with Crippen LogP contribution in [0, 0.1) is 13.8 Å². The Labute approximate surface area is 117 Å². The molecular weight excluding hydrogens is 262 g/mol. The van der Waals surface area contributed by atoms with Crippen LogP contribution in [0.15, 0.2) is 42.5 Å². The Morgan fingerprint density at radius 3 is 2.21 bits per heavy atom. The average molecular weight is 276 g/mol. The smallest absolute Gasteiger partial charge is 0.410 e. The van der Waals surface area contributed by atoms with Gasteiger partial charge in [-0.3, -0.25) is 5.32 Å². The number of aryl methyl sites for hydroxylation is 2. The molecule has 2 rings (SSSR count). The lowest BCUT2D eigenvalue weighted by Gasteiger charge is -2.08. The van der Waals surface area contributed by atoms with Crippen LogP contribution in [0.4, 0.5) is 10.5 Å². The van der Waals surface area contributed by atoms with Gasteiger partial charge in [0.05, 0.1) is 0 Å². The lowest BCUT2D eigenvalue weighted by molar-refractivity contribution is 0.215. The van der Waals surface area contributed by atoms with Crippen LogP contribution in [0.2, 0.25) is 5.02 Å². The molecule has 0 heterocycles. The molecule has 0 spiro atoms. The average Bonchev–Trinajstić information content (AvgIpc) is 2.30. The van der Waals surface area contributed by atoms with E-state index in [9.17, 15) is 4.79 Å². The van der Waals surface area contributed by atoms with Crippen molar-refractivity contribution in [1.82, 2.24) is 0 Å². The molecule has 0 saturated heterocycles. The Balaban J connectivity index is 2.03. The molecular formula is C15H14ClNO2. The van der Waals surface area contributed by atoms with E-state index >= 15 is 0 Å². The maximum atomic E-state index is 11.7. The van der Waals surface area contributed by atoms with Crippen LogP contribution in [0.3, 0.4) is 0 Å². The first-order valence-corrected chi connectivity index (χ1v) is 6.23. The molecule has 0 bridgehead atoms. The number of hydrogen-bond donors (Lipinski definition) is 1. The number of nitrogens with one attached hydrogen (secondary N) is 1. The maximum absolute atomic E-state index is 11.7. The summed E-state index contributed by atoms with van der Waals surface area (Å²) in [7, 11) is 0. The SMILES string of the molecule is Cc1cc(C)cc(NC(=O)Oc2ccc(Cl)cc2)c1. The molecule has 1 N–H and O–H groups in total. The van der Waals surface area contributed by atoms with Crippen LogP contribution >= 0.6 is 11.6 Å². The minimum atomic E-state index is -0.521. The van der Waals surface area contributed by atoms with Crippen LogP contribution in [0.1, 0.15) is 11.1 Å². The molecule has 2 aromatic carbocycles. The van der Waals surface area contributed by atoms with Crippen LogP contribution < -0.4 is 10.1 Å². The first kappa shape index (κ1) is 13.4. The van der Waals surface area contributed by atoms with Crippen LogP contribution in [-0.2, 0) is 0 Å². The van der Waals surface area contributed by atoms with Crippen molar-refractivity contribution in [3.8, 4) is 5.75 Å². The molecule has 0 aliphatic heterocycles. The van der Waals surface area contributed by atoms with Gasteiger partial charge in [-0.15, -0.1) is 0 Å². The van der Waals surface area contributed by atoms with Gasteiger partial charge in [-0.2, -0.15) is 0 Å². The summed E-state index contributed by atoms with van der Waals surface area (Å²) in [6.45, 7) is 3.95. The largest absolute Gasteiger partial charge is 0.417 e. The van der Waals surface area contributed by atoms with Gasteiger partial charge in [0, 0.05) is 10.7 Å². The second kappa shape index (κ2) is 5.76. The number of carbonyl (C=O) groups excluding carboxylic acids is 1. The minimum Gasteiger partial charge on any atom is -0.410 e. The van der Waals surface area contributed by atoms with Gasteiger partial charge in [-0.25, -0.2) is 4.79 Å². The summed E-state index contributed by atoms with van der Waals surface area (Å²) in [5.41, 5.74) is 2.89. The van der Waals surface area contributed by atoms with Crippen LogP contribution in [0.5, 0.6) is 5.75 Å². The summed E-state index contributed by atoms with van der Waals surface area (Å²) in [6, 6.07) is 12.4. The van der Waals surface area contributed by atoms with Crippen molar-refractivity contribution in [2.24, 2.45) is 0 Å². The monoisotopic (exact) mass is 275 g/mol. The van der Waals surface area contributed by atoms with Crippen molar-refractivity contribution < 1.29 is 9.53 Å². The molecule has 19 heavy (non-hydrogen) atoms. The van der Waals surface area contributed by atoms with Crippen LogP contribution in [-0.4, -0.2) is 6.09 Å². The van der Waals surface area contributed by atoms with Gasteiger partial charge in [0.1, 0.15) is 5.75 Å². The van der Waals surface area contributed by atoms with E-state index in [0.717, 1.165) is 16.8 Å². The second-order valence-corrected chi connectivity index (χ2v) is 4.78. The van der Waals surface area contributed by atoms with Crippen molar-refractivity contribution in [2.75, 3.05) is 5.32 Å². The number of hydrogen-bond acceptors (Lipinski definition) is 2. The number of rotatable bonds is 2. The number of carbonyl (C=O) groups is 1.